The molecule has 0 radical (unpaired) electrons. The van der Waals surface area contributed by atoms with Crippen LogP contribution in [0.3, 0.4) is 0 Å². The van der Waals surface area contributed by atoms with E-state index in [0.29, 0.717) is 11.3 Å². The van der Waals surface area contributed by atoms with Gasteiger partial charge in [0.2, 0.25) is 6.10 Å². The van der Waals surface area contributed by atoms with E-state index in [4.69, 9.17) is 10.1 Å². The third kappa shape index (κ3) is 4.94. The summed E-state index contributed by atoms with van der Waals surface area (Å²) in [6.45, 7) is 1.60. The smallest absolute Gasteiger partial charge is 0.267 e. The molecular weight excluding hydrogens is 358 g/mol. The molecule has 1 amide bonds. The predicted octanol–water partition coefficient (Wildman–Crippen LogP) is 3.70. The van der Waals surface area contributed by atoms with Crippen molar-refractivity contribution in [2.75, 3.05) is 5.32 Å². The van der Waals surface area contributed by atoms with Crippen molar-refractivity contribution in [2.45, 2.75) is 13.0 Å². The van der Waals surface area contributed by atoms with Crippen LogP contribution < -0.4 is 5.32 Å². The zero-order chi connectivity index (χ0) is 16.7. The van der Waals surface area contributed by atoms with Gasteiger partial charge in [0, 0.05) is 15.7 Å². The van der Waals surface area contributed by atoms with Crippen LogP contribution in [0.4, 0.5) is 5.69 Å². The van der Waals surface area contributed by atoms with E-state index in [1.165, 1.54) is 6.21 Å². The maximum absolute atomic E-state index is 12.0. The van der Waals surface area contributed by atoms with Crippen LogP contribution in [0.25, 0.3) is 0 Å². The Morgan fingerprint density at radius 1 is 1.35 bits per heavy atom. The predicted molar refractivity (Wildman–Crippen MR) is 92.1 cm³/mol. The second kappa shape index (κ2) is 8.11. The molecule has 6 heteroatoms. The molecule has 0 saturated heterocycles. The number of benzene rings is 2. The zero-order valence-corrected chi connectivity index (χ0v) is 13.9. The van der Waals surface area contributed by atoms with Crippen molar-refractivity contribution in [3.63, 3.8) is 0 Å². The van der Waals surface area contributed by atoms with E-state index in [2.05, 4.69) is 26.4 Å². The average molecular weight is 372 g/mol. The van der Waals surface area contributed by atoms with E-state index in [1.807, 2.05) is 30.3 Å². The fourth-order valence-corrected chi connectivity index (χ4v) is 2.10. The lowest BCUT2D eigenvalue weighted by atomic mass is 10.2. The molecule has 2 rings (SSSR count). The molecule has 2 aromatic carbocycles. The van der Waals surface area contributed by atoms with Gasteiger partial charge in [-0.25, -0.2) is 0 Å². The normalized spacial score (nSPS) is 11.7. The number of nitrogens with zero attached hydrogens (tertiary/aromatic N) is 2. The number of halogens is 1. The lowest BCUT2D eigenvalue weighted by molar-refractivity contribution is -0.126. The van der Waals surface area contributed by atoms with Crippen LogP contribution in [0.2, 0.25) is 0 Å². The van der Waals surface area contributed by atoms with Crippen molar-refractivity contribution < 1.29 is 9.63 Å². The Hall–Kier alpha value is -2.65. The minimum atomic E-state index is -0.764. The summed E-state index contributed by atoms with van der Waals surface area (Å²) in [7, 11) is 0. The van der Waals surface area contributed by atoms with Gasteiger partial charge in [-0.05, 0) is 31.2 Å². The summed E-state index contributed by atoms with van der Waals surface area (Å²) in [6.07, 6.45) is 0.768. The van der Waals surface area contributed by atoms with Gasteiger partial charge in [0.05, 0.1) is 17.8 Å². The summed E-state index contributed by atoms with van der Waals surface area (Å²) >= 11 is 3.40. The number of carbonyl (C=O) groups is 1. The molecule has 0 aromatic heterocycles. The van der Waals surface area contributed by atoms with E-state index in [-0.39, 0.29) is 5.91 Å². The van der Waals surface area contributed by atoms with Crippen molar-refractivity contribution in [2.24, 2.45) is 5.16 Å². The van der Waals surface area contributed by atoms with Gasteiger partial charge < -0.3 is 10.2 Å². The molecular formula is C17H14BrN3O2. The summed E-state index contributed by atoms with van der Waals surface area (Å²) in [5.74, 6) is -0.343. The number of nitrogens with one attached hydrogen (secondary N) is 1. The molecule has 2 aromatic rings. The van der Waals surface area contributed by atoms with Crippen molar-refractivity contribution >= 4 is 33.7 Å². The van der Waals surface area contributed by atoms with Gasteiger partial charge in [-0.15, -0.1) is 0 Å². The number of amides is 1. The largest absolute Gasteiger partial charge is 0.383 e. The minimum Gasteiger partial charge on any atom is -0.383 e. The Bertz CT molecular complexity index is 768. The average Bonchev–Trinajstić information content (AvgIpc) is 2.56. The minimum absolute atomic E-state index is 0.343. The highest BCUT2D eigenvalue weighted by Crippen LogP contribution is 2.14. The van der Waals surface area contributed by atoms with E-state index >= 15 is 0 Å². The monoisotopic (exact) mass is 371 g/mol. The summed E-state index contributed by atoms with van der Waals surface area (Å²) in [5, 5.41) is 15.4. The molecule has 0 saturated carbocycles. The van der Waals surface area contributed by atoms with Gasteiger partial charge in [-0.2, -0.15) is 5.26 Å². The molecule has 1 atom stereocenters. The van der Waals surface area contributed by atoms with E-state index < -0.39 is 6.10 Å². The van der Waals surface area contributed by atoms with Crippen molar-refractivity contribution in [1.29, 1.82) is 5.26 Å². The van der Waals surface area contributed by atoms with Crippen LogP contribution in [0.15, 0.2) is 58.2 Å². The molecule has 0 aliphatic heterocycles. The van der Waals surface area contributed by atoms with Gasteiger partial charge in [-0.3, -0.25) is 4.79 Å². The first kappa shape index (κ1) is 16.7. The molecule has 5 nitrogen and oxygen atoms in total. The van der Waals surface area contributed by atoms with Crippen LogP contribution >= 0.6 is 15.9 Å². The molecule has 0 aliphatic carbocycles. The van der Waals surface area contributed by atoms with Crippen molar-refractivity contribution in [3.8, 4) is 6.07 Å². The first-order valence-electron chi connectivity index (χ1n) is 6.85. The molecule has 0 fully saturated rings. The van der Waals surface area contributed by atoms with Crippen molar-refractivity contribution in [3.05, 3.63) is 64.1 Å². The molecule has 23 heavy (non-hydrogen) atoms. The molecule has 0 spiro atoms. The topological polar surface area (TPSA) is 74.5 Å². The number of anilines is 1. The van der Waals surface area contributed by atoms with Crippen LogP contribution in [0.1, 0.15) is 18.1 Å². The van der Waals surface area contributed by atoms with Crippen LogP contribution in [0, 0.1) is 11.3 Å². The maximum atomic E-state index is 12.0. The van der Waals surface area contributed by atoms with Crippen LogP contribution in [-0.4, -0.2) is 18.2 Å². The Balaban J connectivity index is 1.92. The fraction of sp³-hybridized carbons (Fsp3) is 0.118. The van der Waals surface area contributed by atoms with Gasteiger partial charge in [0.25, 0.3) is 5.91 Å². The molecule has 0 unspecified atom stereocenters. The third-order valence-corrected chi connectivity index (χ3v) is 3.67. The van der Waals surface area contributed by atoms with Crippen LogP contribution in [-0.2, 0) is 9.63 Å². The van der Waals surface area contributed by atoms with E-state index in [9.17, 15) is 4.79 Å². The Morgan fingerprint density at radius 3 is 2.87 bits per heavy atom. The second-order valence-electron chi connectivity index (χ2n) is 4.69. The SMILES string of the molecule is C[C@@H](O/N=C\c1ccccc1Br)C(=O)Nc1cccc(C#N)c1. The summed E-state index contributed by atoms with van der Waals surface area (Å²) in [4.78, 5) is 17.2. The van der Waals surface area contributed by atoms with Crippen molar-refractivity contribution in [1.82, 2.24) is 0 Å². The molecule has 0 bridgehead atoms. The number of oxime groups is 1. The Labute approximate surface area is 142 Å². The first-order valence-corrected chi connectivity index (χ1v) is 7.64. The lowest BCUT2D eigenvalue weighted by Crippen LogP contribution is -2.26. The summed E-state index contributed by atoms with van der Waals surface area (Å²) < 4.78 is 0.887. The summed E-state index contributed by atoms with van der Waals surface area (Å²) in [6, 6.07) is 16.2. The summed E-state index contributed by atoms with van der Waals surface area (Å²) in [5.41, 5.74) is 1.87. The van der Waals surface area contributed by atoms with Gasteiger partial charge in [0.1, 0.15) is 0 Å². The lowest BCUT2D eigenvalue weighted by Gasteiger charge is -2.10. The Kier molecular flexibility index (Phi) is 5.89. The number of carbonyl (C=O) groups excluding carboxylic acids is 1. The Morgan fingerprint density at radius 2 is 2.13 bits per heavy atom. The van der Waals surface area contributed by atoms with Gasteiger partial charge in [0.15, 0.2) is 0 Å². The number of rotatable bonds is 5. The first-order chi connectivity index (χ1) is 11.1. The highest BCUT2D eigenvalue weighted by Gasteiger charge is 2.14. The molecule has 1 N–H and O–H groups in total. The zero-order valence-electron chi connectivity index (χ0n) is 12.4. The second-order valence-corrected chi connectivity index (χ2v) is 5.54. The molecule has 116 valence electrons. The number of hydrogen-bond acceptors (Lipinski definition) is 4. The van der Waals surface area contributed by atoms with E-state index in [1.54, 1.807) is 31.2 Å². The molecule has 0 aliphatic rings. The number of hydrogen-bond donors (Lipinski definition) is 1. The molecule has 0 heterocycles. The fourth-order valence-electron chi connectivity index (χ4n) is 1.72. The highest BCUT2D eigenvalue weighted by molar-refractivity contribution is 9.10. The quantitative estimate of drug-likeness (QED) is 0.643. The van der Waals surface area contributed by atoms with Gasteiger partial charge >= 0.3 is 0 Å². The standard InChI is InChI=1S/C17H14BrN3O2/c1-12(23-20-11-14-6-2-3-8-16(14)18)17(22)21-15-7-4-5-13(9-15)10-19/h2-9,11-12H,1H3,(H,21,22)/b20-11-/t12-/m1/s1. The third-order valence-electron chi connectivity index (χ3n) is 2.94. The van der Waals surface area contributed by atoms with Crippen LogP contribution in [0.5, 0.6) is 0 Å². The maximum Gasteiger partial charge on any atom is 0.267 e. The number of nitriles is 1. The highest BCUT2D eigenvalue weighted by atomic mass is 79.9. The van der Waals surface area contributed by atoms with Gasteiger partial charge in [-0.1, -0.05) is 45.4 Å². The van der Waals surface area contributed by atoms with E-state index in [0.717, 1.165) is 10.0 Å².